The minimum absolute atomic E-state index is 0.166. The number of morpholine rings is 1. The first-order chi connectivity index (χ1) is 14.5. The number of esters is 1. The molecule has 8 heteroatoms. The van der Waals surface area contributed by atoms with Crippen LogP contribution in [0.3, 0.4) is 0 Å². The van der Waals surface area contributed by atoms with Crippen molar-refractivity contribution < 1.29 is 22.7 Å². The third kappa shape index (κ3) is 5.00. The molecule has 1 atom stereocenters. The number of hydrogen-bond donors (Lipinski definition) is 0. The van der Waals surface area contributed by atoms with Crippen molar-refractivity contribution >= 4 is 21.7 Å². The lowest BCUT2D eigenvalue weighted by molar-refractivity contribution is -0.0612. The molecule has 2 aromatic rings. The first kappa shape index (κ1) is 20.8. The van der Waals surface area contributed by atoms with E-state index >= 15 is 0 Å². The number of sulfonamides is 1. The minimum atomic E-state index is -3.23. The first-order valence-electron chi connectivity index (χ1n) is 10.2. The predicted molar refractivity (Wildman–Crippen MR) is 114 cm³/mol. The lowest BCUT2D eigenvalue weighted by Crippen LogP contribution is -2.44. The summed E-state index contributed by atoms with van der Waals surface area (Å²) in [6, 6.07) is 16.8. The monoisotopic (exact) mass is 430 g/mol. The maximum atomic E-state index is 12.4. The van der Waals surface area contributed by atoms with Crippen LogP contribution in [0.2, 0.25) is 0 Å². The molecule has 2 saturated heterocycles. The van der Waals surface area contributed by atoms with Crippen LogP contribution in [0.5, 0.6) is 0 Å². The Balaban J connectivity index is 1.29. The van der Waals surface area contributed by atoms with Crippen LogP contribution in [0.4, 0.5) is 5.69 Å². The lowest BCUT2D eigenvalue weighted by Gasteiger charge is -2.32. The fourth-order valence-electron chi connectivity index (χ4n) is 3.81. The fourth-order valence-corrected chi connectivity index (χ4v) is 5.38. The van der Waals surface area contributed by atoms with Gasteiger partial charge in [-0.2, -0.15) is 0 Å². The Morgan fingerprint density at radius 3 is 2.53 bits per heavy atom. The standard InChI is InChI=1S/C22H26N2O5S/c25-22(19-7-9-20(10-8-19)24-11-4-14-30(24,26)27)29-17-21-16-23(12-13-28-21)15-18-5-2-1-3-6-18/h1-3,5-10,21H,4,11-17H2. The summed E-state index contributed by atoms with van der Waals surface area (Å²) < 4.78 is 36.6. The van der Waals surface area contributed by atoms with Gasteiger partial charge in [-0.1, -0.05) is 30.3 Å². The number of nitrogens with zero attached hydrogens (tertiary/aromatic N) is 2. The van der Waals surface area contributed by atoms with Gasteiger partial charge in [0.1, 0.15) is 12.7 Å². The van der Waals surface area contributed by atoms with Gasteiger partial charge >= 0.3 is 5.97 Å². The van der Waals surface area contributed by atoms with Gasteiger partial charge in [-0.05, 0) is 36.2 Å². The normalized spacial score (nSPS) is 21.5. The zero-order valence-electron chi connectivity index (χ0n) is 16.8. The molecule has 0 aromatic heterocycles. The summed E-state index contributed by atoms with van der Waals surface area (Å²) >= 11 is 0. The van der Waals surface area contributed by atoms with E-state index in [-0.39, 0.29) is 18.5 Å². The van der Waals surface area contributed by atoms with Gasteiger partial charge in [0, 0.05) is 26.2 Å². The Labute approximate surface area is 177 Å². The molecule has 160 valence electrons. The highest BCUT2D eigenvalue weighted by Gasteiger charge is 2.28. The number of carbonyl (C=O) groups is 1. The van der Waals surface area contributed by atoms with E-state index in [1.54, 1.807) is 24.3 Å². The summed E-state index contributed by atoms with van der Waals surface area (Å²) in [5.74, 6) is -0.269. The van der Waals surface area contributed by atoms with E-state index < -0.39 is 16.0 Å². The third-order valence-electron chi connectivity index (χ3n) is 5.36. The third-order valence-corrected chi connectivity index (χ3v) is 7.23. The average molecular weight is 431 g/mol. The van der Waals surface area contributed by atoms with Crippen molar-refractivity contribution in [1.82, 2.24) is 4.90 Å². The second kappa shape index (κ2) is 9.16. The fraction of sp³-hybridized carbons (Fsp3) is 0.409. The summed E-state index contributed by atoms with van der Waals surface area (Å²) in [5.41, 5.74) is 2.22. The quantitative estimate of drug-likeness (QED) is 0.655. The number of benzene rings is 2. The Bertz CT molecular complexity index is 963. The summed E-state index contributed by atoms with van der Waals surface area (Å²) in [7, 11) is -3.23. The molecule has 30 heavy (non-hydrogen) atoms. The second-order valence-electron chi connectivity index (χ2n) is 7.60. The largest absolute Gasteiger partial charge is 0.459 e. The van der Waals surface area contributed by atoms with Crippen molar-refractivity contribution in [3.8, 4) is 0 Å². The molecule has 2 aliphatic rings. The molecule has 0 saturated carbocycles. The van der Waals surface area contributed by atoms with E-state index in [4.69, 9.17) is 9.47 Å². The molecule has 0 spiro atoms. The molecule has 0 aliphatic carbocycles. The molecule has 0 bridgehead atoms. The summed E-state index contributed by atoms with van der Waals surface area (Å²) in [4.78, 5) is 14.7. The average Bonchev–Trinajstić information content (AvgIpc) is 3.12. The topological polar surface area (TPSA) is 76.2 Å². The SMILES string of the molecule is O=C(OCC1CN(Cc2ccccc2)CCO1)c1ccc(N2CCCS2(=O)=O)cc1. The van der Waals surface area contributed by atoms with Crippen LogP contribution in [0.1, 0.15) is 22.3 Å². The van der Waals surface area contributed by atoms with Crippen molar-refractivity contribution in [3.05, 3.63) is 65.7 Å². The molecule has 1 unspecified atom stereocenters. The van der Waals surface area contributed by atoms with Gasteiger partial charge in [0.15, 0.2) is 0 Å². The molecular formula is C22H26N2O5S. The molecule has 2 fully saturated rings. The molecule has 0 radical (unpaired) electrons. The number of anilines is 1. The van der Waals surface area contributed by atoms with E-state index in [2.05, 4.69) is 17.0 Å². The van der Waals surface area contributed by atoms with Gasteiger partial charge in [-0.25, -0.2) is 13.2 Å². The summed E-state index contributed by atoms with van der Waals surface area (Å²) in [6.45, 7) is 3.66. The van der Waals surface area contributed by atoms with Crippen LogP contribution >= 0.6 is 0 Å². The van der Waals surface area contributed by atoms with Crippen LogP contribution in [-0.2, 0) is 26.0 Å². The van der Waals surface area contributed by atoms with E-state index in [1.807, 2.05) is 18.2 Å². The number of ether oxygens (including phenoxy) is 2. The molecular weight excluding hydrogens is 404 g/mol. The van der Waals surface area contributed by atoms with Crippen LogP contribution in [0.25, 0.3) is 0 Å². The van der Waals surface area contributed by atoms with Crippen molar-refractivity contribution in [2.24, 2.45) is 0 Å². The smallest absolute Gasteiger partial charge is 0.338 e. The highest BCUT2D eigenvalue weighted by atomic mass is 32.2. The summed E-state index contributed by atoms with van der Waals surface area (Å²) in [6.07, 6.45) is 0.454. The molecule has 4 rings (SSSR count). The van der Waals surface area contributed by atoms with Gasteiger partial charge in [0.2, 0.25) is 10.0 Å². The van der Waals surface area contributed by atoms with E-state index in [0.29, 0.717) is 37.4 Å². The summed E-state index contributed by atoms with van der Waals surface area (Å²) in [5, 5.41) is 0. The van der Waals surface area contributed by atoms with Gasteiger partial charge in [-0.15, -0.1) is 0 Å². The maximum absolute atomic E-state index is 12.4. The van der Waals surface area contributed by atoms with Gasteiger partial charge < -0.3 is 9.47 Å². The van der Waals surface area contributed by atoms with Crippen LogP contribution in [0, 0.1) is 0 Å². The van der Waals surface area contributed by atoms with Crippen molar-refractivity contribution in [3.63, 3.8) is 0 Å². The lowest BCUT2D eigenvalue weighted by atomic mass is 10.2. The van der Waals surface area contributed by atoms with Crippen molar-refractivity contribution in [2.45, 2.75) is 19.1 Å². The molecule has 2 heterocycles. The Morgan fingerprint density at radius 1 is 1.07 bits per heavy atom. The Hall–Kier alpha value is -2.42. The highest BCUT2D eigenvalue weighted by Crippen LogP contribution is 2.24. The van der Waals surface area contributed by atoms with Crippen molar-refractivity contribution in [1.29, 1.82) is 0 Å². The van der Waals surface area contributed by atoms with Gasteiger partial charge in [0.05, 0.1) is 23.6 Å². The molecule has 7 nitrogen and oxygen atoms in total. The predicted octanol–water partition coefficient (Wildman–Crippen LogP) is 2.28. The molecule has 0 N–H and O–H groups in total. The number of hydrogen-bond acceptors (Lipinski definition) is 6. The zero-order chi connectivity index (χ0) is 21.0. The maximum Gasteiger partial charge on any atom is 0.338 e. The zero-order valence-corrected chi connectivity index (χ0v) is 17.6. The second-order valence-corrected chi connectivity index (χ2v) is 9.61. The molecule has 0 amide bonds. The highest BCUT2D eigenvalue weighted by molar-refractivity contribution is 7.93. The van der Waals surface area contributed by atoms with Crippen molar-refractivity contribution in [2.75, 3.05) is 42.9 Å². The molecule has 2 aliphatic heterocycles. The van der Waals surface area contributed by atoms with Gasteiger partial charge in [-0.3, -0.25) is 9.21 Å². The Kier molecular flexibility index (Phi) is 6.36. The Morgan fingerprint density at radius 2 is 1.83 bits per heavy atom. The van der Waals surface area contributed by atoms with E-state index in [0.717, 1.165) is 13.1 Å². The first-order valence-corrected chi connectivity index (χ1v) is 11.8. The van der Waals surface area contributed by atoms with E-state index in [1.165, 1.54) is 9.87 Å². The van der Waals surface area contributed by atoms with Crippen LogP contribution < -0.4 is 4.31 Å². The number of carbonyl (C=O) groups excluding carboxylic acids is 1. The van der Waals surface area contributed by atoms with E-state index in [9.17, 15) is 13.2 Å². The minimum Gasteiger partial charge on any atom is -0.459 e. The number of rotatable bonds is 6. The molecule has 2 aromatic carbocycles. The van der Waals surface area contributed by atoms with Crippen LogP contribution in [-0.4, -0.2) is 64.0 Å². The van der Waals surface area contributed by atoms with Gasteiger partial charge in [0.25, 0.3) is 0 Å². The van der Waals surface area contributed by atoms with Crippen LogP contribution in [0.15, 0.2) is 54.6 Å².